The molecule has 3 atom stereocenters. The summed E-state index contributed by atoms with van der Waals surface area (Å²) < 4.78 is 18.9. The maximum absolute atomic E-state index is 12.4. The Balaban J connectivity index is 1.55. The summed E-state index contributed by atoms with van der Waals surface area (Å²) in [4.78, 5) is 12.4. The molecule has 3 unspecified atom stereocenters. The second-order valence-corrected chi connectivity index (χ2v) is 14.3. The molecule has 0 aliphatic carbocycles. The fourth-order valence-corrected chi connectivity index (χ4v) is 6.71. The van der Waals surface area contributed by atoms with Crippen molar-refractivity contribution in [2.45, 2.75) is 187 Å². The molecule has 2 saturated heterocycles. The Morgan fingerprint density at radius 2 is 1.23 bits per heavy atom. The normalized spacial score (nSPS) is 32.4. The van der Waals surface area contributed by atoms with Gasteiger partial charge in [-0.1, -0.05) is 125 Å². The summed E-state index contributed by atoms with van der Waals surface area (Å²) in [7, 11) is 0. The molecule has 0 saturated carbocycles. The first-order valence-electron chi connectivity index (χ1n) is 17.3. The van der Waals surface area contributed by atoms with Crippen molar-refractivity contribution in [3.05, 3.63) is 0 Å². The van der Waals surface area contributed by atoms with Gasteiger partial charge in [0.2, 0.25) is 0 Å². The molecule has 40 heavy (non-hydrogen) atoms. The molecule has 0 aromatic heterocycles. The maximum Gasteiger partial charge on any atom is 0.305 e. The highest BCUT2D eigenvalue weighted by molar-refractivity contribution is 5.69. The van der Waals surface area contributed by atoms with Crippen molar-refractivity contribution in [1.29, 1.82) is 0 Å². The lowest BCUT2D eigenvalue weighted by atomic mass is 9.67. The number of carbonyl (C=O) groups excluding carboxylic acids is 1. The van der Waals surface area contributed by atoms with E-state index in [4.69, 9.17) is 14.2 Å². The predicted molar refractivity (Wildman–Crippen MR) is 168 cm³/mol. The fourth-order valence-electron chi connectivity index (χ4n) is 6.71. The molecule has 2 fully saturated rings. The topological polar surface area (TPSA) is 56.8 Å². The summed E-state index contributed by atoms with van der Waals surface area (Å²) in [6, 6.07) is 0. The molecule has 236 valence electrons. The quantitative estimate of drug-likeness (QED) is 0.118. The molecule has 1 spiro atoms. The third-order valence-corrected chi connectivity index (χ3v) is 10.3. The number of carbonyl (C=O) groups is 1. The van der Waals surface area contributed by atoms with Crippen LogP contribution in [0.15, 0.2) is 0 Å². The Hall–Kier alpha value is -0.650. The summed E-state index contributed by atoms with van der Waals surface area (Å²) in [6.45, 7) is 17.2. The molecule has 2 heterocycles. The van der Waals surface area contributed by atoms with Gasteiger partial charge in [0.25, 0.3) is 0 Å². The number of ether oxygens (including phenoxy) is 3. The van der Waals surface area contributed by atoms with Crippen molar-refractivity contribution >= 4 is 5.97 Å². The van der Waals surface area contributed by atoms with E-state index in [1.54, 1.807) is 0 Å². The van der Waals surface area contributed by atoms with Gasteiger partial charge in [-0.25, -0.2) is 0 Å². The van der Waals surface area contributed by atoms with Gasteiger partial charge >= 0.3 is 5.97 Å². The largest absolute Gasteiger partial charge is 0.465 e. The number of rotatable bonds is 20. The van der Waals surface area contributed by atoms with E-state index < -0.39 is 5.79 Å². The van der Waals surface area contributed by atoms with E-state index in [0.717, 1.165) is 32.1 Å². The third-order valence-electron chi connectivity index (χ3n) is 10.3. The molecule has 2 aliphatic rings. The summed E-state index contributed by atoms with van der Waals surface area (Å²) in [5, 5.41) is 3.91. The molecule has 1 N–H and O–H groups in total. The standard InChI is InChI=1S/C35H67NO4/c1-8-11-12-13-14-15-16-17-18-19-20-21-22-23-24-25-31(37)38-27-32(5)28-39-35(40-29-32)26-33(6,9-2)36-34(7,10-3)30(35)4/h30,36H,8-29H2,1-7H3. The number of esters is 1. The zero-order chi connectivity index (χ0) is 29.5. The van der Waals surface area contributed by atoms with Crippen LogP contribution < -0.4 is 5.32 Å². The average Bonchev–Trinajstić information content (AvgIpc) is 2.94. The first kappa shape index (κ1) is 35.5. The van der Waals surface area contributed by atoms with Crippen molar-refractivity contribution in [3.63, 3.8) is 0 Å². The zero-order valence-electron chi connectivity index (χ0n) is 27.8. The first-order chi connectivity index (χ1) is 19.1. The van der Waals surface area contributed by atoms with Gasteiger partial charge in [-0.15, -0.1) is 0 Å². The SMILES string of the molecule is CCCCCCCCCCCCCCCCCC(=O)OCC1(C)COC2(CC(C)(CC)NC(C)(CC)C2C)OC1. The van der Waals surface area contributed by atoms with E-state index in [0.29, 0.717) is 26.2 Å². The number of piperidine rings is 1. The monoisotopic (exact) mass is 566 g/mol. The molecule has 2 rings (SSSR count). The lowest BCUT2D eigenvalue weighted by Gasteiger charge is -2.60. The molecule has 0 bridgehead atoms. The Kier molecular flexibility index (Phi) is 15.5. The fraction of sp³-hybridized carbons (Fsp3) is 0.971. The summed E-state index contributed by atoms with van der Waals surface area (Å²) in [6.07, 6.45) is 23.3. The Morgan fingerprint density at radius 1 is 0.750 bits per heavy atom. The van der Waals surface area contributed by atoms with Crippen LogP contribution in [0.3, 0.4) is 0 Å². The highest BCUT2D eigenvalue weighted by Gasteiger charge is 2.59. The van der Waals surface area contributed by atoms with Crippen molar-refractivity contribution < 1.29 is 19.0 Å². The van der Waals surface area contributed by atoms with Crippen LogP contribution in [0.4, 0.5) is 0 Å². The Labute approximate surface area is 248 Å². The highest BCUT2D eigenvalue weighted by Crippen LogP contribution is 2.49. The van der Waals surface area contributed by atoms with Crippen LogP contribution in [0.5, 0.6) is 0 Å². The van der Waals surface area contributed by atoms with E-state index in [2.05, 4.69) is 53.8 Å². The van der Waals surface area contributed by atoms with E-state index in [9.17, 15) is 4.79 Å². The first-order valence-corrected chi connectivity index (χ1v) is 17.3. The van der Waals surface area contributed by atoms with Gasteiger partial charge in [-0.05, 0) is 33.1 Å². The van der Waals surface area contributed by atoms with Gasteiger partial charge in [0.1, 0.15) is 6.61 Å². The van der Waals surface area contributed by atoms with Crippen LogP contribution in [0.2, 0.25) is 0 Å². The van der Waals surface area contributed by atoms with Crippen LogP contribution in [-0.4, -0.2) is 42.7 Å². The molecular formula is C35H67NO4. The minimum absolute atomic E-state index is 0.0231. The van der Waals surface area contributed by atoms with Crippen molar-refractivity contribution in [3.8, 4) is 0 Å². The third kappa shape index (κ3) is 11.2. The molecule has 2 aliphatic heterocycles. The Morgan fingerprint density at radius 3 is 1.68 bits per heavy atom. The molecule has 0 aromatic rings. The van der Waals surface area contributed by atoms with Crippen LogP contribution in [0, 0.1) is 11.3 Å². The van der Waals surface area contributed by atoms with Crippen molar-refractivity contribution in [1.82, 2.24) is 5.32 Å². The molecule has 0 radical (unpaired) electrons. The van der Waals surface area contributed by atoms with Gasteiger partial charge in [-0.3, -0.25) is 4.79 Å². The highest BCUT2D eigenvalue weighted by atomic mass is 16.7. The number of hydrogen-bond donors (Lipinski definition) is 1. The number of unbranched alkanes of at least 4 members (excludes halogenated alkanes) is 14. The molecule has 5 heteroatoms. The van der Waals surface area contributed by atoms with Gasteiger partial charge < -0.3 is 19.5 Å². The summed E-state index contributed by atoms with van der Waals surface area (Å²) in [5.74, 6) is -0.441. The molecule has 5 nitrogen and oxygen atoms in total. The van der Waals surface area contributed by atoms with E-state index in [1.807, 2.05) is 0 Å². The molecular weight excluding hydrogens is 498 g/mol. The predicted octanol–water partition coefficient (Wildman–Crippen LogP) is 9.51. The lowest BCUT2D eigenvalue weighted by molar-refractivity contribution is -0.353. The summed E-state index contributed by atoms with van der Waals surface area (Å²) in [5.41, 5.74) is -0.368. The van der Waals surface area contributed by atoms with Crippen molar-refractivity contribution in [2.75, 3.05) is 19.8 Å². The second-order valence-electron chi connectivity index (χ2n) is 14.3. The van der Waals surface area contributed by atoms with E-state index in [-0.39, 0.29) is 28.4 Å². The average molecular weight is 566 g/mol. The van der Waals surface area contributed by atoms with Gasteiger partial charge in [-0.2, -0.15) is 0 Å². The molecule has 0 amide bonds. The Bertz CT molecular complexity index is 704. The van der Waals surface area contributed by atoms with E-state index in [1.165, 1.54) is 83.5 Å². The number of hydrogen-bond acceptors (Lipinski definition) is 5. The van der Waals surface area contributed by atoms with Crippen LogP contribution in [0.1, 0.15) is 170 Å². The van der Waals surface area contributed by atoms with Gasteiger partial charge in [0, 0.05) is 35.3 Å². The minimum Gasteiger partial charge on any atom is -0.465 e. The summed E-state index contributed by atoms with van der Waals surface area (Å²) >= 11 is 0. The van der Waals surface area contributed by atoms with E-state index >= 15 is 0 Å². The maximum atomic E-state index is 12.4. The molecule has 0 aromatic carbocycles. The smallest absolute Gasteiger partial charge is 0.305 e. The van der Waals surface area contributed by atoms with Crippen LogP contribution in [0.25, 0.3) is 0 Å². The minimum atomic E-state index is -0.585. The van der Waals surface area contributed by atoms with Gasteiger partial charge in [0.05, 0.1) is 13.2 Å². The van der Waals surface area contributed by atoms with Crippen molar-refractivity contribution in [2.24, 2.45) is 11.3 Å². The lowest BCUT2D eigenvalue weighted by Crippen LogP contribution is -2.73. The van der Waals surface area contributed by atoms with Crippen LogP contribution >= 0.6 is 0 Å². The van der Waals surface area contributed by atoms with Gasteiger partial charge in [0.15, 0.2) is 5.79 Å². The van der Waals surface area contributed by atoms with Crippen LogP contribution in [-0.2, 0) is 19.0 Å². The second kappa shape index (κ2) is 17.5. The number of nitrogens with one attached hydrogen (secondary N) is 1. The zero-order valence-corrected chi connectivity index (χ0v) is 27.8.